The van der Waals surface area contributed by atoms with E-state index in [4.69, 9.17) is 0 Å². The number of halogens is 1. The summed E-state index contributed by atoms with van der Waals surface area (Å²) in [6.07, 6.45) is 2.95. The van der Waals surface area contributed by atoms with Crippen LogP contribution in [0.3, 0.4) is 0 Å². The molecule has 2 aromatic carbocycles. The zero-order valence-corrected chi connectivity index (χ0v) is 19.1. The molecule has 0 heterocycles. The maximum absolute atomic E-state index is 14.0. The van der Waals surface area contributed by atoms with Crippen molar-refractivity contribution in [2.24, 2.45) is 0 Å². The van der Waals surface area contributed by atoms with Crippen LogP contribution < -0.4 is 10.6 Å². The molecule has 0 amide bonds. The topological polar surface area (TPSA) is 32.3 Å². The van der Waals surface area contributed by atoms with Gasteiger partial charge >= 0.3 is 0 Å². The minimum atomic E-state index is -0.199. The number of nitrogens with one attached hydrogen (secondary N) is 1. The van der Waals surface area contributed by atoms with Crippen LogP contribution >= 0.6 is 8.58 Å². The molecule has 154 valence electrons. The van der Waals surface area contributed by atoms with Gasteiger partial charge in [-0.25, -0.2) is 4.39 Å². The number of rotatable bonds is 8. The van der Waals surface area contributed by atoms with Crippen molar-refractivity contribution in [2.75, 3.05) is 0 Å². The summed E-state index contributed by atoms with van der Waals surface area (Å²) in [7, 11) is 0.465. The molecule has 2 aromatic rings. The zero-order chi connectivity index (χ0) is 20.9. The number of benzene rings is 2. The van der Waals surface area contributed by atoms with E-state index >= 15 is 0 Å². The van der Waals surface area contributed by atoms with Gasteiger partial charge in [0, 0.05) is 22.8 Å². The fourth-order valence-corrected chi connectivity index (χ4v) is 5.52. The van der Waals surface area contributed by atoms with Crippen molar-refractivity contribution >= 4 is 13.9 Å². The van der Waals surface area contributed by atoms with Crippen LogP contribution in [0, 0.1) is 12.7 Å². The first-order valence-electron chi connectivity index (χ1n) is 10.2. The molecule has 2 rings (SSSR count). The first-order valence-corrected chi connectivity index (χ1v) is 11.2. The molecule has 2 nitrogen and oxygen atoms in total. The lowest BCUT2D eigenvalue weighted by Crippen LogP contribution is -2.36. The number of hydrogen-bond donors (Lipinski definition) is 2. The third-order valence-corrected chi connectivity index (χ3v) is 7.31. The van der Waals surface area contributed by atoms with Gasteiger partial charge in [0.05, 0.1) is 0 Å². The lowest BCUT2D eigenvalue weighted by Gasteiger charge is -2.35. The van der Waals surface area contributed by atoms with Crippen LogP contribution in [0.1, 0.15) is 70.6 Å². The van der Waals surface area contributed by atoms with E-state index < -0.39 is 0 Å². The molecule has 0 radical (unpaired) electrons. The van der Waals surface area contributed by atoms with Gasteiger partial charge in [0.25, 0.3) is 0 Å². The van der Waals surface area contributed by atoms with Crippen molar-refractivity contribution in [1.82, 2.24) is 5.32 Å². The molecular weight excluding hydrogens is 368 g/mol. The van der Waals surface area contributed by atoms with Crippen LogP contribution in [-0.2, 0) is 11.7 Å². The minimum Gasteiger partial charge on any atom is -0.508 e. The molecule has 2 atom stereocenters. The van der Waals surface area contributed by atoms with Gasteiger partial charge in [-0.05, 0) is 69.6 Å². The Hall–Kier alpha value is -1.44. The Labute approximate surface area is 171 Å². The first-order chi connectivity index (χ1) is 13.1. The highest BCUT2D eigenvalue weighted by Crippen LogP contribution is 2.51. The summed E-state index contributed by atoms with van der Waals surface area (Å²) in [6, 6.07) is 11.0. The highest BCUT2D eigenvalue weighted by Gasteiger charge is 2.33. The molecular formula is C24H35FNOP. The van der Waals surface area contributed by atoms with Gasteiger partial charge in [-0.15, -0.1) is 0 Å². The SMILES string of the molecule is CCCC(CC)(Pc1ccc(F)cc1CNC(C)(C)C)c1cc(C)ccc1O. The molecule has 0 aromatic heterocycles. The summed E-state index contributed by atoms with van der Waals surface area (Å²) in [6.45, 7) is 13.4. The fraction of sp³-hybridized carbons (Fsp3) is 0.500. The standard InChI is InChI=1S/C24H35FNOP/c1-7-13-24(8-2,20-14-17(3)9-11-21(20)27)28-22-12-10-19(25)15-18(22)16-26-23(4,5)6/h9-12,14-15,26-28H,7-8,13,16H2,1-6H3. The Bertz CT molecular complexity index is 800. The fourth-order valence-electron chi connectivity index (χ4n) is 3.63. The normalized spacial score (nSPS) is 14.5. The van der Waals surface area contributed by atoms with Gasteiger partial charge in [-0.3, -0.25) is 0 Å². The van der Waals surface area contributed by atoms with Crippen molar-refractivity contribution in [3.8, 4) is 5.75 Å². The molecule has 0 saturated carbocycles. The number of phenols is 1. The highest BCUT2D eigenvalue weighted by molar-refractivity contribution is 7.48. The van der Waals surface area contributed by atoms with Crippen molar-refractivity contribution in [2.45, 2.75) is 78.0 Å². The second-order valence-electron chi connectivity index (χ2n) is 8.74. The van der Waals surface area contributed by atoms with Crippen LogP contribution in [0.15, 0.2) is 36.4 Å². The zero-order valence-electron chi connectivity index (χ0n) is 18.1. The second kappa shape index (κ2) is 9.37. The molecule has 0 aliphatic carbocycles. The van der Waals surface area contributed by atoms with Gasteiger partial charge in [-0.2, -0.15) is 0 Å². The van der Waals surface area contributed by atoms with Crippen LogP contribution in [0.5, 0.6) is 5.75 Å². The molecule has 0 spiro atoms. The van der Waals surface area contributed by atoms with Crippen molar-refractivity contribution in [3.63, 3.8) is 0 Å². The van der Waals surface area contributed by atoms with Gasteiger partial charge in [0.15, 0.2) is 0 Å². The van der Waals surface area contributed by atoms with Gasteiger partial charge in [0.1, 0.15) is 11.6 Å². The Balaban J connectivity index is 2.49. The summed E-state index contributed by atoms with van der Waals surface area (Å²) < 4.78 is 14.0. The van der Waals surface area contributed by atoms with Gasteiger partial charge < -0.3 is 10.4 Å². The average molecular weight is 404 g/mol. The largest absolute Gasteiger partial charge is 0.508 e. The van der Waals surface area contributed by atoms with E-state index in [2.05, 4.69) is 52.9 Å². The quantitative estimate of drug-likeness (QED) is 0.519. The Morgan fingerprint density at radius 1 is 1.07 bits per heavy atom. The van der Waals surface area contributed by atoms with Crippen LogP contribution in [0.25, 0.3) is 0 Å². The lowest BCUT2D eigenvalue weighted by molar-refractivity contribution is 0.424. The van der Waals surface area contributed by atoms with Crippen molar-refractivity contribution in [3.05, 3.63) is 58.9 Å². The molecule has 2 unspecified atom stereocenters. The molecule has 2 N–H and O–H groups in total. The predicted octanol–water partition coefficient (Wildman–Crippen LogP) is 6.14. The summed E-state index contributed by atoms with van der Waals surface area (Å²) in [5, 5.41) is 15.2. The number of phenolic OH excluding ortho intramolecular Hbond substituents is 1. The van der Waals surface area contributed by atoms with E-state index in [0.29, 0.717) is 20.9 Å². The summed E-state index contributed by atoms with van der Waals surface area (Å²) in [5.41, 5.74) is 3.15. The van der Waals surface area contributed by atoms with E-state index in [-0.39, 0.29) is 16.5 Å². The summed E-state index contributed by atoms with van der Waals surface area (Å²) in [4.78, 5) is 0. The van der Waals surface area contributed by atoms with E-state index in [9.17, 15) is 9.50 Å². The van der Waals surface area contributed by atoms with E-state index in [1.54, 1.807) is 12.1 Å². The van der Waals surface area contributed by atoms with Gasteiger partial charge in [-0.1, -0.05) is 52.6 Å². The molecule has 4 heteroatoms. The van der Waals surface area contributed by atoms with Crippen LogP contribution in [-0.4, -0.2) is 10.6 Å². The highest BCUT2D eigenvalue weighted by atomic mass is 31.1. The van der Waals surface area contributed by atoms with Gasteiger partial charge in [0.2, 0.25) is 0 Å². The molecule has 0 fully saturated rings. The molecule has 0 aliphatic rings. The Morgan fingerprint density at radius 2 is 1.79 bits per heavy atom. The molecule has 28 heavy (non-hydrogen) atoms. The summed E-state index contributed by atoms with van der Waals surface area (Å²) in [5.74, 6) is 0.167. The molecule has 0 aliphatic heterocycles. The maximum atomic E-state index is 14.0. The third kappa shape index (κ3) is 5.78. The maximum Gasteiger partial charge on any atom is 0.123 e. The second-order valence-corrected chi connectivity index (χ2v) is 10.5. The van der Waals surface area contributed by atoms with Crippen molar-refractivity contribution < 1.29 is 9.50 Å². The average Bonchev–Trinajstić information content (AvgIpc) is 2.62. The number of aromatic hydroxyl groups is 1. The van der Waals surface area contributed by atoms with E-state index in [0.717, 1.165) is 36.0 Å². The number of hydrogen-bond acceptors (Lipinski definition) is 2. The monoisotopic (exact) mass is 403 g/mol. The lowest BCUT2D eigenvalue weighted by atomic mass is 9.89. The smallest absolute Gasteiger partial charge is 0.123 e. The number of aryl methyl sites for hydroxylation is 1. The Kier molecular flexibility index (Phi) is 7.65. The third-order valence-electron chi connectivity index (χ3n) is 5.20. The van der Waals surface area contributed by atoms with Crippen LogP contribution in [0.4, 0.5) is 4.39 Å². The summed E-state index contributed by atoms with van der Waals surface area (Å²) >= 11 is 0. The first kappa shape index (κ1) is 22.8. The molecule has 0 bridgehead atoms. The van der Waals surface area contributed by atoms with E-state index in [1.807, 2.05) is 18.2 Å². The van der Waals surface area contributed by atoms with E-state index in [1.165, 1.54) is 5.30 Å². The Morgan fingerprint density at radius 3 is 2.39 bits per heavy atom. The predicted molar refractivity (Wildman–Crippen MR) is 121 cm³/mol. The minimum absolute atomic E-state index is 0.0349. The van der Waals surface area contributed by atoms with Crippen molar-refractivity contribution in [1.29, 1.82) is 0 Å². The van der Waals surface area contributed by atoms with Crippen LogP contribution in [0.2, 0.25) is 0 Å². The molecule has 0 saturated heterocycles.